The number of para-hydroxylation sites is 1. The van der Waals surface area contributed by atoms with Crippen molar-refractivity contribution in [1.29, 1.82) is 0 Å². The van der Waals surface area contributed by atoms with Gasteiger partial charge in [0.05, 0.1) is 17.6 Å². The fourth-order valence-electron chi connectivity index (χ4n) is 3.09. The van der Waals surface area contributed by atoms with E-state index in [1.165, 1.54) is 11.3 Å². The van der Waals surface area contributed by atoms with Gasteiger partial charge in [-0.15, -0.1) is 11.3 Å². The van der Waals surface area contributed by atoms with Crippen LogP contribution in [0.5, 0.6) is 5.75 Å². The van der Waals surface area contributed by atoms with E-state index in [2.05, 4.69) is 0 Å². The maximum atomic E-state index is 12.7. The van der Waals surface area contributed by atoms with Gasteiger partial charge in [0, 0.05) is 39.0 Å². The molecule has 142 valence electrons. The van der Waals surface area contributed by atoms with Crippen LogP contribution >= 0.6 is 11.3 Å². The summed E-state index contributed by atoms with van der Waals surface area (Å²) in [5, 5.41) is 1.85. The first-order valence-electron chi connectivity index (χ1n) is 8.87. The summed E-state index contributed by atoms with van der Waals surface area (Å²) in [7, 11) is 1.54. The molecule has 1 aliphatic heterocycles. The van der Waals surface area contributed by atoms with Gasteiger partial charge < -0.3 is 14.5 Å². The molecule has 0 radical (unpaired) electrons. The highest BCUT2D eigenvalue weighted by molar-refractivity contribution is 7.12. The number of methoxy groups -OCH3 is 1. The van der Waals surface area contributed by atoms with Gasteiger partial charge in [-0.2, -0.15) is 0 Å². The predicted octanol–water partition coefficient (Wildman–Crippen LogP) is 2.70. The second kappa shape index (κ2) is 8.81. The monoisotopic (exact) mass is 386 g/mol. The number of hydrogen-bond donors (Lipinski definition) is 0. The lowest BCUT2D eigenvalue weighted by molar-refractivity contribution is -0.132. The summed E-state index contributed by atoms with van der Waals surface area (Å²) >= 11 is 1.39. The Morgan fingerprint density at radius 3 is 2.33 bits per heavy atom. The highest BCUT2D eigenvalue weighted by atomic mass is 32.1. The first-order chi connectivity index (χ1) is 13.1. The molecule has 7 heteroatoms. The van der Waals surface area contributed by atoms with E-state index in [1.54, 1.807) is 41.2 Å². The van der Waals surface area contributed by atoms with E-state index in [1.807, 2.05) is 17.5 Å². The van der Waals surface area contributed by atoms with E-state index >= 15 is 0 Å². The molecular formula is C20H22N2O4S. The van der Waals surface area contributed by atoms with Crippen LogP contribution in [0.2, 0.25) is 0 Å². The summed E-state index contributed by atoms with van der Waals surface area (Å²) in [6.07, 6.45) is 0.427. The molecular weight excluding hydrogens is 364 g/mol. The quantitative estimate of drug-likeness (QED) is 0.716. The lowest BCUT2D eigenvalue weighted by Gasteiger charge is -2.35. The molecule has 1 fully saturated rings. The average molecular weight is 386 g/mol. The van der Waals surface area contributed by atoms with Crippen LogP contribution in [-0.4, -0.2) is 60.7 Å². The van der Waals surface area contributed by atoms with Crippen molar-refractivity contribution in [2.75, 3.05) is 33.3 Å². The van der Waals surface area contributed by atoms with Crippen LogP contribution in [0.3, 0.4) is 0 Å². The van der Waals surface area contributed by atoms with Gasteiger partial charge >= 0.3 is 0 Å². The Kier molecular flexibility index (Phi) is 6.24. The number of rotatable bonds is 6. The molecule has 1 aromatic carbocycles. The summed E-state index contributed by atoms with van der Waals surface area (Å²) < 4.78 is 5.26. The zero-order valence-corrected chi connectivity index (χ0v) is 16.0. The largest absolute Gasteiger partial charge is 0.496 e. The molecule has 1 aromatic heterocycles. The third-order valence-electron chi connectivity index (χ3n) is 4.62. The molecule has 2 aromatic rings. The third kappa shape index (κ3) is 4.54. The molecule has 1 aliphatic rings. The number of ketones is 1. The highest BCUT2D eigenvalue weighted by Crippen LogP contribution is 2.20. The molecule has 2 heterocycles. The Bertz CT molecular complexity index is 811. The van der Waals surface area contributed by atoms with Crippen molar-refractivity contribution in [2.45, 2.75) is 12.8 Å². The number of amides is 2. The van der Waals surface area contributed by atoms with Crippen molar-refractivity contribution in [3.8, 4) is 5.75 Å². The van der Waals surface area contributed by atoms with Crippen LogP contribution in [0.1, 0.15) is 32.9 Å². The number of benzene rings is 1. The smallest absolute Gasteiger partial charge is 0.257 e. The number of piperazine rings is 1. The lowest BCUT2D eigenvalue weighted by Crippen LogP contribution is -2.50. The van der Waals surface area contributed by atoms with Gasteiger partial charge in [-0.05, 0) is 23.6 Å². The number of carbonyl (C=O) groups is 3. The Hall–Kier alpha value is -2.67. The molecule has 2 amide bonds. The van der Waals surface area contributed by atoms with Crippen molar-refractivity contribution in [2.24, 2.45) is 0 Å². The van der Waals surface area contributed by atoms with Gasteiger partial charge in [-0.1, -0.05) is 18.2 Å². The van der Waals surface area contributed by atoms with Crippen molar-refractivity contribution >= 4 is 28.9 Å². The fourth-order valence-corrected chi connectivity index (χ4v) is 3.78. The van der Waals surface area contributed by atoms with E-state index in [0.29, 0.717) is 42.4 Å². The summed E-state index contributed by atoms with van der Waals surface area (Å²) in [6.45, 7) is 1.91. The molecule has 0 aliphatic carbocycles. The van der Waals surface area contributed by atoms with Gasteiger partial charge in [0.1, 0.15) is 5.75 Å². The van der Waals surface area contributed by atoms with E-state index in [-0.39, 0.29) is 30.4 Å². The van der Waals surface area contributed by atoms with Gasteiger partial charge in [-0.3, -0.25) is 14.4 Å². The summed E-state index contributed by atoms with van der Waals surface area (Å²) in [5.41, 5.74) is 0.529. The van der Waals surface area contributed by atoms with Crippen LogP contribution in [0.25, 0.3) is 0 Å². The number of hydrogen-bond acceptors (Lipinski definition) is 5. The molecule has 0 saturated carbocycles. The van der Waals surface area contributed by atoms with Crippen molar-refractivity contribution in [3.63, 3.8) is 0 Å². The van der Waals surface area contributed by atoms with Gasteiger partial charge in [-0.25, -0.2) is 0 Å². The maximum absolute atomic E-state index is 12.7. The summed E-state index contributed by atoms with van der Waals surface area (Å²) in [6, 6.07) is 10.7. The van der Waals surface area contributed by atoms with Crippen LogP contribution < -0.4 is 4.74 Å². The standard InChI is InChI=1S/C20H22N2O4S/c1-26-17-6-3-2-5-15(17)20(25)22-12-10-21(11-13-22)19(24)9-8-16(23)18-7-4-14-27-18/h2-7,14H,8-13H2,1H3. The number of Topliss-reactive ketones (excluding diaryl/α,β-unsaturated/α-hetero) is 1. The van der Waals surface area contributed by atoms with Gasteiger partial charge in [0.15, 0.2) is 5.78 Å². The average Bonchev–Trinajstić information content (AvgIpc) is 3.26. The maximum Gasteiger partial charge on any atom is 0.257 e. The number of thiophene rings is 1. The van der Waals surface area contributed by atoms with Crippen LogP contribution in [0.15, 0.2) is 41.8 Å². The van der Waals surface area contributed by atoms with Gasteiger partial charge in [0.25, 0.3) is 5.91 Å². The van der Waals surface area contributed by atoms with E-state index in [9.17, 15) is 14.4 Å². The summed E-state index contributed by atoms with van der Waals surface area (Å²) in [4.78, 5) is 41.3. The number of nitrogens with zero attached hydrogens (tertiary/aromatic N) is 2. The Morgan fingerprint density at radius 1 is 0.963 bits per heavy atom. The van der Waals surface area contributed by atoms with Gasteiger partial charge in [0.2, 0.25) is 5.91 Å². The van der Waals surface area contributed by atoms with Crippen molar-refractivity contribution < 1.29 is 19.1 Å². The molecule has 6 nitrogen and oxygen atoms in total. The topological polar surface area (TPSA) is 66.9 Å². The van der Waals surface area contributed by atoms with Crippen molar-refractivity contribution in [3.05, 3.63) is 52.2 Å². The summed E-state index contributed by atoms with van der Waals surface area (Å²) in [5.74, 6) is 0.424. The number of carbonyl (C=O) groups excluding carboxylic acids is 3. The first kappa shape index (κ1) is 19.1. The number of ether oxygens (including phenoxy) is 1. The minimum Gasteiger partial charge on any atom is -0.496 e. The molecule has 0 bridgehead atoms. The molecule has 0 spiro atoms. The van der Waals surface area contributed by atoms with Crippen LogP contribution in [-0.2, 0) is 4.79 Å². The van der Waals surface area contributed by atoms with E-state index in [4.69, 9.17) is 4.74 Å². The van der Waals surface area contributed by atoms with Crippen LogP contribution in [0, 0.1) is 0 Å². The molecule has 3 rings (SSSR count). The Labute approximate surface area is 162 Å². The lowest BCUT2D eigenvalue weighted by atomic mass is 10.1. The Morgan fingerprint density at radius 2 is 1.67 bits per heavy atom. The molecule has 0 atom stereocenters. The minimum absolute atomic E-state index is 0.00309. The van der Waals surface area contributed by atoms with Crippen LogP contribution in [0.4, 0.5) is 0 Å². The normalized spacial score (nSPS) is 14.1. The predicted molar refractivity (Wildman–Crippen MR) is 103 cm³/mol. The van der Waals surface area contributed by atoms with E-state index < -0.39 is 0 Å². The molecule has 0 unspecified atom stereocenters. The first-order valence-corrected chi connectivity index (χ1v) is 9.75. The zero-order valence-electron chi connectivity index (χ0n) is 15.2. The third-order valence-corrected chi connectivity index (χ3v) is 5.53. The molecule has 27 heavy (non-hydrogen) atoms. The second-order valence-corrected chi connectivity index (χ2v) is 7.22. The van der Waals surface area contributed by atoms with E-state index in [0.717, 1.165) is 0 Å². The second-order valence-electron chi connectivity index (χ2n) is 6.27. The Balaban J connectivity index is 1.50. The SMILES string of the molecule is COc1ccccc1C(=O)N1CCN(C(=O)CCC(=O)c2cccs2)CC1. The van der Waals surface area contributed by atoms with Crippen molar-refractivity contribution in [1.82, 2.24) is 9.80 Å². The zero-order chi connectivity index (χ0) is 19.2. The molecule has 1 saturated heterocycles. The minimum atomic E-state index is -0.0903. The molecule has 0 N–H and O–H groups in total. The highest BCUT2D eigenvalue weighted by Gasteiger charge is 2.26. The fraction of sp³-hybridized carbons (Fsp3) is 0.350.